The Morgan fingerprint density at radius 2 is 0.625 bits per heavy atom. The Morgan fingerprint density at radius 3 is 0.900 bits per heavy atom. The minimum absolute atomic E-state index is 0.290. The first-order valence-corrected chi connectivity index (χ1v) is 18.0. The summed E-state index contributed by atoms with van der Waals surface area (Å²) in [6.45, 7) is 5.22. The minimum atomic E-state index is -0.688. The first-order valence-electron chi connectivity index (χ1n) is 18.0. The quantitative estimate of drug-likeness (QED) is 0.0568. The lowest BCUT2D eigenvalue weighted by molar-refractivity contribution is -0.137. The predicted molar refractivity (Wildman–Crippen MR) is 177 cm³/mol. The molecule has 0 aromatic heterocycles. The zero-order chi connectivity index (χ0) is 29.0. The maximum absolute atomic E-state index is 10.4. The normalized spacial score (nSPS) is 11.4. The van der Waals surface area contributed by atoms with Gasteiger partial charge in [0.2, 0.25) is 0 Å². The lowest BCUT2D eigenvalue weighted by atomic mass is 10.0. The molecular weight excluding hydrogens is 494 g/mol. The molecule has 0 saturated carbocycles. The van der Waals surface area contributed by atoms with Gasteiger partial charge in [0, 0.05) is 19.5 Å². The number of carbonyl (C=O) groups is 1. The Kier molecular flexibility index (Phi) is 35.8. The van der Waals surface area contributed by atoms with Gasteiger partial charge in [0.1, 0.15) is 0 Å². The lowest BCUT2D eigenvalue weighted by Crippen LogP contribution is -2.28. The van der Waals surface area contributed by atoms with Gasteiger partial charge in [-0.1, -0.05) is 148 Å². The SMILES string of the molecule is CNCCCCCCCCCCCCCCCCCCCCCCCCCCCNCCNCCCCC(=O)O. The molecule has 0 saturated heterocycles. The molecule has 0 aliphatic rings. The summed E-state index contributed by atoms with van der Waals surface area (Å²) in [5.74, 6) is -0.688. The Balaban J connectivity index is 3.03. The Morgan fingerprint density at radius 1 is 0.375 bits per heavy atom. The van der Waals surface area contributed by atoms with Gasteiger partial charge in [-0.2, -0.15) is 0 Å². The third-order valence-corrected chi connectivity index (χ3v) is 8.25. The first kappa shape index (κ1) is 39.4. The number of hydrogen-bond acceptors (Lipinski definition) is 4. The van der Waals surface area contributed by atoms with Gasteiger partial charge in [0.05, 0.1) is 0 Å². The van der Waals surface area contributed by atoms with Gasteiger partial charge in [0.15, 0.2) is 0 Å². The van der Waals surface area contributed by atoms with E-state index in [4.69, 9.17) is 5.11 Å². The predicted octanol–water partition coefficient (Wildman–Crippen LogP) is 9.39. The second-order valence-corrected chi connectivity index (χ2v) is 12.3. The van der Waals surface area contributed by atoms with E-state index in [9.17, 15) is 4.79 Å². The summed E-state index contributed by atoms with van der Waals surface area (Å²) in [5.41, 5.74) is 0. The van der Waals surface area contributed by atoms with E-state index in [1.165, 1.54) is 167 Å². The fourth-order valence-electron chi connectivity index (χ4n) is 5.57. The van der Waals surface area contributed by atoms with Crippen LogP contribution in [0.2, 0.25) is 0 Å². The molecule has 0 aromatic carbocycles. The number of carboxylic acid groups (broad SMARTS) is 1. The Labute approximate surface area is 251 Å². The fraction of sp³-hybridized carbons (Fsp3) is 0.971. The van der Waals surface area contributed by atoms with E-state index in [0.29, 0.717) is 6.42 Å². The molecule has 0 bridgehead atoms. The molecule has 5 nitrogen and oxygen atoms in total. The highest BCUT2D eigenvalue weighted by Gasteiger charge is 1.98. The van der Waals surface area contributed by atoms with E-state index < -0.39 is 5.97 Å². The summed E-state index contributed by atoms with van der Waals surface area (Å²) >= 11 is 0. The maximum Gasteiger partial charge on any atom is 0.303 e. The maximum atomic E-state index is 10.4. The van der Waals surface area contributed by atoms with Crippen LogP contribution in [0.3, 0.4) is 0 Å². The molecular formula is C35H73N3O2. The second kappa shape index (κ2) is 36.4. The van der Waals surface area contributed by atoms with Crippen LogP contribution in [-0.2, 0) is 4.79 Å². The molecule has 0 rings (SSSR count). The van der Waals surface area contributed by atoms with Crippen LogP contribution in [-0.4, -0.2) is 50.8 Å². The van der Waals surface area contributed by atoms with Crippen LogP contribution >= 0.6 is 0 Å². The first-order chi connectivity index (χ1) is 19.8. The number of nitrogens with one attached hydrogen (secondary N) is 3. The van der Waals surface area contributed by atoms with Gasteiger partial charge >= 0.3 is 5.97 Å². The highest BCUT2D eigenvalue weighted by atomic mass is 16.4. The smallest absolute Gasteiger partial charge is 0.303 e. The van der Waals surface area contributed by atoms with E-state index in [2.05, 4.69) is 23.0 Å². The summed E-state index contributed by atoms with van der Waals surface area (Å²) in [4.78, 5) is 10.4. The van der Waals surface area contributed by atoms with Crippen molar-refractivity contribution in [2.45, 2.75) is 180 Å². The van der Waals surface area contributed by atoms with Crippen LogP contribution in [0.4, 0.5) is 0 Å². The third kappa shape index (κ3) is 37.4. The van der Waals surface area contributed by atoms with Gasteiger partial charge < -0.3 is 21.1 Å². The molecule has 4 N–H and O–H groups in total. The molecule has 0 heterocycles. The van der Waals surface area contributed by atoms with Crippen molar-refractivity contribution in [1.29, 1.82) is 0 Å². The molecule has 0 spiro atoms. The van der Waals surface area contributed by atoms with Crippen LogP contribution in [0.5, 0.6) is 0 Å². The van der Waals surface area contributed by atoms with E-state index in [1.807, 2.05) is 0 Å². The topological polar surface area (TPSA) is 73.4 Å². The van der Waals surface area contributed by atoms with Crippen molar-refractivity contribution in [2.75, 3.05) is 39.8 Å². The molecule has 0 amide bonds. The molecule has 0 aliphatic carbocycles. The molecule has 0 aromatic rings. The van der Waals surface area contributed by atoms with Crippen molar-refractivity contribution < 1.29 is 9.90 Å². The van der Waals surface area contributed by atoms with E-state index in [0.717, 1.165) is 39.0 Å². The summed E-state index contributed by atoms with van der Waals surface area (Å²) in [7, 11) is 2.05. The van der Waals surface area contributed by atoms with Gasteiger partial charge in [-0.05, 0) is 52.4 Å². The van der Waals surface area contributed by atoms with Crippen molar-refractivity contribution >= 4 is 5.97 Å². The summed E-state index contributed by atoms with van der Waals surface area (Å²) < 4.78 is 0. The Bertz CT molecular complexity index is 476. The number of carboxylic acids is 1. The van der Waals surface area contributed by atoms with Crippen molar-refractivity contribution in [1.82, 2.24) is 16.0 Å². The number of unbranched alkanes of at least 4 members (excludes halogenated alkanes) is 25. The van der Waals surface area contributed by atoms with E-state index in [-0.39, 0.29) is 0 Å². The van der Waals surface area contributed by atoms with Crippen molar-refractivity contribution in [3.05, 3.63) is 0 Å². The highest BCUT2D eigenvalue weighted by molar-refractivity contribution is 5.66. The zero-order valence-corrected chi connectivity index (χ0v) is 27.2. The molecule has 0 aliphatic heterocycles. The van der Waals surface area contributed by atoms with Crippen LogP contribution in [0.25, 0.3) is 0 Å². The number of rotatable bonds is 36. The van der Waals surface area contributed by atoms with Crippen LogP contribution in [0.15, 0.2) is 0 Å². The van der Waals surface area contributed by atoms with Crippen LogP contribution in [0, 0.1) is 0 Å². The molecule has 40 heavy (non-hydrogen) atoms. The molecule has 5 heteroatoms. The molecule has 0 atom stereocenters. The van der Waals surface area contributed by atoms with Crippen molar-refractivity contribution in [3.63, 3.8) is 0 Å². The van der Waals surface area contributed by atoms with Gasteiger partial charge in [0.25, 0.3) is 0 Å². The average molecular weight is 568 g/mol. The monoisotopic (exact) mass is 568 g/mol. The van der Waals surface area contributed by atoms with Crippen LogP contribution in [0.1, 0.15) is 180 Å². The van der Waals surface area contributed by atoms with Crippen molar-refractivity contribution in [2.24, 2.45) is 0 Å². The van der Waals surface area contributed by atoms with Gasteiger partial charge in [-0.25, -0.2) is 0 Å². The minimum Gasteiger partial charge on any atom is -0.481 e. The number of aliphatic carboxylic acids is 1. The standard InChI is InChI=1S/C35H73N3O2/c1-36-30-26-23-21-19-17-15-13-11-9-7-5-3-2-4-6-8-10-12-14-16-18-20-22-24-27-31-37-33-34-38-32-28-25-29-35(39)40/h36-38H,2-34H2,1H3,(H,39,40). The van der Waals surface area contributed by atoms with E-state index >= 15 is 0 Å². The molecule has 0 fully saturated rings. The Hall–Kier alpha value is -0.650. The highest BCUT2D eigenvalue weighted by Crippen LogP contribution is 2.15. The van der Waals surface area contributed by atoms with E-state index in [1.54, 1.807) is 0 Å². The molecule has 240 valence electrons. The lowest BCUT2D eigenvalue weighted by Gasteiger charge is -2.06. The molecule has 0 radical (unpaired) electrons. The summed E-state index contributed by atoms with van der Waals surface area (Å²) in [6, 6.07) is 0. The van der Waals surface area contributed by atoms with Crippen molar-refractivity contribution in [3.8, 4) is 0 Å². The summed E-state index contributed by atoms with van der Waals surface area (Å²) in [6.07, 6.45) is 37.9. The third-order valence-electron chi connectivity index (χ3n) is 8.25. The zero-order valence-electron chi connectivity index (χ0n) is 27.2. The number of hydrogen-bond donors (Lipinski definition) is 4. The summed E-state index contributed by atoms with van der Waals surface area (Å²) in [5, 5.41) is 18.7. The second-order valence-electron chi connectivity index (χ2n) is 12.3. The largest absolute Gasteiger partial charge is 0.481 e. The van der Waals surface area contributed by atoms with Gasteiger partial charge in [-0.3, -0.25) is 4.79 Å². The van der Waals surface area contributed by atoms with Gasteiger partial charge in [-0.15, -0.1) is 0 Å². The average Bonchev–Trinajstić information content (AvgIpc) is 2.95. The fourth-order valence-corrected chi connectivity index (χ4v) is 5.57. The van der Waals surface area contributed by atoms with Crippen LogP contribution < -0.4 is 16.0 Å². The molecule has 0 unspecified atom stereocenters.